The molecule has 2 aromatic rings. The minimum Gasteiger partial charge on any atom is -0.478 e. The van der Waals surface area contributed by atoms with Crippen molar-refractivity contribution in [2.45, 2.75) is 0 Å². The van der Waals surface area contributed by atoms with Gasteiger partial charge in [-0.15, -0.1) is 11.3 Å². The molecule has 2 aromatic heterocycles. The van der Waals surface area contributed by atoms with Crippen molar-refractivity contribution >= 4 is 44.9 Å². The highest BCUT2D eigenvalue weighted by atomic mass is 79.9. The van der Waals surface area contributed by atoms with Crippen LogP contribution in [0.15, 0.2) is 40.3 Å². The van der Waals surface area contributed by atoms with Crippen molar-refractivity contribution in [3.63, 3.8) is 0 Å². The predicted molar refractivity (Wildman–Crippen MR) is 71.8 cm³/mol. The summed E-state index contributed by atoms with van der Waals surface area (Å²) < 4.78 is 0.864. The van der Waals surface area contributed by atoms with Gasteiger partial charge in [0.25, 0.3) is 0 Å². The fraction of sp³-hybridized carbons (Fsp3) is 0. The molecule has 0 saturated heterocycles. The number of nitrogens with zero attached hydrogens (tertiary/aromatic N) is 1. The van der Waals surface area contributed by atoms with Crippen molar-refractivity contribution in [1.29, 1.82) is 0 Å². The van der Waals surface area contributed by atoms with Gasteiger partial charge >= 0.3 is 5.97 Å². The summed E-state index contributed by atoms with van der Waals surface area (Å²) in [5, 5.41) is 11.0. The molecule has 5 heteroatoms. The van der Waals surface area contributed by atoms with Gasteiger partial charge in [0.05, 0.1) is 11.3 Å². The molecule has 17 heavy (non-hydrogen) atoms. The molecular formula is C12H8BrNO2S. The molecule has 0 amide bonds. The highest BCUT2D eigenvalue weighted by Gasteiger charge is 2.11. The molecule has 0 bridgehead atoms. The lowest BCUT2D eigenvalue weighted by molar-refractivity contribution is -0.130. The zero-order valence-electron chi connectivity index (χ0n) is 8.63. The van der Waals surface area contributed by atoms with E-state index in [0.29, 0.717) is 5.69 Å². The van der Waals surface area contributed by atoms with Crippen molar-refractivity contribution in [2.24, 2.45) is 0 Å². The first-order chi connectivity index (χ1) is 8.16. The standard InChI is InChI=1S/C12H8BrNO2S/c13-8-3-4-9(14-7-8)6-10(12(15)16)11-2-1-5-17-11/h1-7H,(H,15,16)/b10-6+. The molecule has 3 nitrogen and oxygen atoms in total. The number of carboxylic acids is 1. The molecule has 0 unspecified atom stereocenters. The molecule has 0 aliphatic heterocycles. The maximum Gasteiger partial charge on any atom is 0.337 e. The molecule has 0 fully saturated rings. The molecule has 86 valence electrons. The van der Waals surface area contributed by atoms with Crippen LogP contribution in [-0.2, 0) is 4.79 Å². The molecule has 1 N–H and O–H groups in total. The van der Waals surface area contributed by atoms with Crippen LogP contribution >= 0.6 is 27.3 Å². The number of hydrogen-bond acceptors (Lipinski definition) is 3. The number of carbonyl (C=O) groups is 1. The van der Waals surface area contributed by atoms with E-state index in [1.165, 1.54) is 11.3 Å². The lowest BCUT2D eigenvalue weighted by atomic mass is 10.2. The van der Waals surface area contributed by atoms with E-state index in [2.05, 4.69) is 20.9 Å². The first-order valence-electron chi connectivity index (χ1n) is 4.77. The zero-order valence-corrected chi connectivity index (χ0v) is 11.0. The summed E-state index contributed by atoms with van der Waals surface area (Å²) in [6.45, 7) is 0. The maximum absolute atomic E-state index is 11.2. The van der Waals surface area contributed by atoms with Crippen LogP contribution in [0.3, 0.4) is 0 Å². The Morgan fingerprint density at radius 1 is 1.41 bits per heavy atom. The second-order valence-electron chi connectivity index (χ2n) is 3.24. The third-order valence-corrected chi connectivity index (χ3v) is 3.43. The largest absolute Gasteiger partial charge is 0.478 e. The Kier molecular flexibility index (Phi) is 3.71. The average molecular weight is 310 g/mol. The molecule has 0 radical (unpaired) electrons. The van der Waals surface area contributed by atoms with Crippen LogP contribution in [0.4, 0.5) is 0 Å². The molecule has 0 aromatic carbocycles. The summed E-state index contributed by atoms with van der Waals surface area (Å²) in [4.78, 5) is 16.0. The van der Waals surface area contributed by atoms with Crippen LogP contribution in [0.25, 0.3) is 11.6 Å². The van der Waals surface area contributed by atoms with E-state index in [-0.39, 0.29) is 5.57 Å². The Balaban J connectivity index is 2.40. The van der Waals surface area contributed by atoms with E-state index in [1.54, 1.807) is 24.4 Å². The number of thiophene rings is 1. The van der Waals surface area contributed by atoms with Crippen LogP contribution in [0.1, 0.15) is 10.6 Å². The summed E-state index contributed by atoms with van der Waals surface area (Å²) in [6.07, 6.45) is 3.21. The quantitative estimate of drug-likeness (QED) is 0.882. The van der Waals surface area contributed by atoms with E-state index in [9.17, 15) is 4.79 Å². The van der Waals surface area contributed by atoms with Gasteiger partial charge in [-0.2, -0.15) is 0 Å². The SMILES string of the molecule is O=C(O)/C(=C/c1ccc(Br)cn1)c1cccs1. The minimum absolute atomic E-state index is 0.259. The average Bonchev–Trinajstić information content (AvgIpc) is 2.81. The topological polar surface area (TPSA) is 50.2 Å². The molecule has 0 atom stereocenters. The van der Waals surface area contributed by atoms with Crippen molar-refractivity contribution in [1.82, 2.24) is 4.98 Å². The first kappa shape index (κ1) is 12.0. The Morgan fingerprint density at radius 2 is 2.24 bits per heavy atom. The second kappa shape index (κ2) is 5.25. The van der Waals surface area contributed by atoms with Crippen molar-refractivity contribution < 1.29 is 9.90 Å². The van der Waals surface area contributed by atoms with Gasteiger partial charge in [-0.05, 0) is 45.6 Å². The van der Waals surface area contributed by atoms with E-state index in [4.69, 9.17) is 5.11 Å². The number of pyridine rings is 1. The van der Waals surface area contributed by atoms with Gasteiger partial charge in [-0.3, -0.25) is 4.98 Å². The van der Waals surface area contributed by atoms with Gasteiger partial charge < -0.3 is 5.11 Å². The molecule has 0 saturated carbocycles. The van der Waals surface area contributed by atoms with E-state index in [1.807, 2.05) is 17.5 Å². The zero-order chi connectivity index (χ0) is 12.3. The van der Waals surface area contributed by atoms with Crippen LogP contribution in [0.2, 0.25) is 0 Å². The number of aliphatic carboxylic acids is 1. The summed E-state index contributed by atoms with van der Waals surface area (Å²) in [5.41, 5.74) is 0.883. The van der Waals surface area contributed by atoms with Crippen LogP contribution < -0.4 is 0 Å². The fourth-order valence-electron chi connectivity index (χ4n) is 1.29. The Labute approximate surface area is 111 Å². The number of rotatable bonds is 3. The highest BCUT2D eigenvalue weighted by Crippen LogP contribution is 2.22. The Bertz CT molecular complexity index is 546. The van der Waals surface area contributed by atoms with Gasteiger partial charge in [0.2, 0.25) is 0 Å². The second-order valence-corrected chi connectivity index (χ2v) is 5.11. The van der Waals surface area contributed by atoms with Crippen LogP contribution in [-0.4, -0.2) is 16.1 Å². The summed E-state index contributed by atoms with van der Waals surface area (Å²) in [6, 6.07) is 7.20. The van der Waals surface area contributed by atoms with Crippen molar-refractivity contribution in [2.75, 3.05) is 0 Å². The summed E-state index contributed by atoms with van der Waals surface area (Å²) >= 11 is 4.68. The number of aromatic nitrogens is 1. The third kappa shape index (κ3) is 3.01. The Hall–Kier alpha value is -1.46. The van der Waals surface area contributed by atoms with E-state index >= 15 is 0 Å². The van der Waals surface area contributed by atoms with Gasteiger partial charge in [0.15, 0.2) is 0 Å². The first-order valence-corrected chi connectivity index (χ1v) is 6.44. The Morgan fingerprint density at radius 3 is 2.76 bits per heavy atom. The molecule has 0 aliphatic rings. The monoisotopic (exact) mass is 309 g/mol. The van der Waals surface area contributed by atoms with Gasteiger partial charge in [0.1, 0.15) is 0 Å². The molecular weight excluding hydrogens is 302 g/mol. The third-order valence-electron chi connectivity index (χ3n) is 2.06. The van der Waals surface area contributed by atoms with Gasteiger partial charge in [-0.1, -0.05) is 6.07 Å². The number of halogens is 1. The maximum atomic E-state index is 11.2. The number of carboxylic acid groups (broad SMARTS) is 1. The van der Waals surface area contributed by atoms with Gasteiger partial charge in [0, 0.05) is 15.5 Å². The lowest BCUT2D eigenvalue weighted by Crippen LogP contribution is -1.98. The molecule has 2 heterocycles. The minimum atomic E-state index is -0.947. The number of hydrogen-bond donors (Lipinski definition) is 1. The smallest absolute Gasteiger partial charge is 0.337 e. The molecule has 0 aliphatic carbocycles. The highest BCUT2D eigenvalue weighted by molar-refractivity contribution is 9.10. The molecule has 0 spiro atoms. The van der Waals surface area contributed by atoms with E-state index in [0.717, 1.165) is 9.35 Å². The van der Waals surface area contributed by atoms with Crippen LogP contribution in [0.5, 0.6) is 0 Å². The summed E-state index contributed by atoms with van der Waals surface area (Å²) in [5.74, 6) is -0.947. The van der Waals surface area contributed by atoms with Gasteiger partial charge in [-0.25, -0.2) is 4.79 Å². The molecule has 2 rings (SSSR count). The predicted octanol–water partition coefficient (Wildman–Crippen LogP) is 3.53. The lowest BCUT2D eigenvalue weighted by Gasteiger charge is -1.99. The van der Waals surface area contributed by atoms with Crippen LogP contribution in [0, 0.1) is 0 Å². The van der Waals surface area contributed by atoms with E-state index < -0.39 is 5.97 Å². The normalized spacial score (nSPS) is 11.5. The fourth-order valence-corrected chi connectivity index (χ4v) is 2.26. The van der Waals surface area contributed by atoms with Crippen molar-refractivity contribution in [3.8, 4) is 0 Å². The van der Waals surface area contributed by atoms with Crippen molar-refractivity contribution in [3.05, 3.63) is 50.9 Å². The summed E-state index contributed by atoms with van der Waals surface area (Å²) in [7, 11) is 0.